The highest BCUT2D eigenvalue weighted by Crippen LogP contribution is 2.28. The van der Waals surface area contributed by atoms with Crippen molar-refractivity contribution in [1.82, 2.24) is 4.98 Å². The summed E-state index contributed by atoms with van der Waals surface area (Å²) in [6, 6.07) is 1.75. The molecule has 1 amide bonds. The molecule has 1 N–H and O–H groups in total. The number of rotatable bonds is 1. The number of halogens is 1. The molecule has 0 spiro atoms. The zero-order valence-electron chi connectivity index (χ0n) is 7.35. The second kappa shape index (κ2) is 3.67. The van der Waals surface area contributed by atoms with Crippen LogP contribution >= 0.6 is 15.9 Å². The van der Waals surface area contributed by atoms with Gasteiger partial charge in [-0.15, -0.1) is 0 Å². The summed E-state index contributed by atoms with van der Waals surface area (Å²) >= 11 is 3.32. The Hall–Kier alpha value is -0.940. The summed E-state index contributed by atoms with van der Waals surface area (Å²) in [5.41, 5.74) is 0.765. The van der Waals surface area contributed by atoms with Crippen molar-refractivity contribution in [2.75, 3.05) is 11.4 Å². The molecule has 4 nitrogen and oxygen atoms in total. The van der Waals surface area contributed by atoms with Crippen molar-refractivity contribution in [2.24, 2.45) is 0 Å². The minimum Gasteiger partial charge on any atom is -0.391 e. The van der Waals surface area contributed by atoms with Gasteiger partial charge in [0.15, 0.2) is 0 Å². The number of aliphatic hydroxyl groups is 1. The van der Waals surface area contributed by atoms with E-state index in [1.165, 1.54) is 0 Å². The number of hydrogen-bond acceptors (Lipinski definition) is 3. The van der Waals surface area contributed by atoms with E-state index in [1.807, 2.05) is 0 Å². The van der Waals surface area contributed by atoms with Crippen LogP contribution in [0.25, 0.3) is 0 Å². The lowest BCUT2D eigenvalue weighted by molar-refractivity contribution is -0.117. The summed E-state index contributed by atoms with van der Waals surface area (Å²) in [6.07, 6.45) is 2.91. The molecule has 5 heteroatoms. The Morgan fingerprint density at radius 2 is 2.43 bits per heavy atom. The minimum atomic E-state index is -0.553. The normalized spacial score (nSPS) is 21.7. The Labute approximate surface area is 89.7 Å². The highest BCUT2D eigenvalue weighted by atomic mass is 79.9. The Balaban J connectivity index is 2.32. The van der Waals surface area contributed by atoms with E-state index in [0.717, 1.165) is 10.2 Å². The third kappa shape index (κ3) is 1.65. The van der Waals surface area contributed by atoms with E-state index in [0.29, 0.717) is 6.54 Å². The quantitative estimate of drug-likeness (QED) is 0.814. The Morgan fingerprint density at radius 1 is 1.64 bits per heavy atom. The van der Waals surface area contributed by atoms with Gasteiger partial charge in [0.2, 0.25) is 5.91 Å². The Kier molecular flexibility index (Phi) is 2.52. The third-order valence-electron chi connectivity index (χ3n) is 2.15. The van der Waals surface area contributed by atoms with Gasteiger partial charge in [0.1, 0.15) is 0 Å². The zero-order chi connectivity index (χ0) is 10.1. The molecule has 1 aliphatic heterocycles. The predicted octanol–water partition coefficient (Wildman–Crippen LogP) is 0.942. The number of amides is 1. The number of aromatic nitrogens is 1. The average molecular weight is 257 g/mol. The van der Waals surface area contributed by atoms with Crippen LogP contribution in [0.3, 0.4) is 0 Å². The molecule has 0 saturated carbocycles. The molecular formula is C9H9BrN2O2. The van der Waals surface area contributed by atoms with Crippen molar-refractivity contribution in [3.8, 4) is 0 Å². The zero-order valence-corrected chi connectivity index (χ0v) is 8.94. The van der Waals surface area contributed by atoms with Crippen LogP contribution < -0.4 is 4.90 Å². The average Bonchev–Trinajstić information content (AvgIpc) is 2.46. The number of aliphatic hydroxyl groups excluding tert-OH is 1. The molecule has 0 aliphatic carbocycles. The fraction of sp³-hybridized carbons (Fsp3) is 0.333. The molecule has 1 fully saturated rings. The largest absolute Gasteiger partial charge is 0.391 e. The summed E-state index contributed by atoms with van der Waals surface area (Å²) in [6.45, 7) is 0.363. The first-order chi connectivity index (χ1) is 6.68. The SMILES string of the molecule is O=C1CC(O)CN1c1ccncc1Br. The summed E-state index contributed by atoms with van der Waals surface area (Å²) in [7, 11) is 0. The van der Waals surface area contributed by atoms with Crippen LogP contribution in [0.5, 0.6) is 0 Å². The molecule has 14 heavy (non-hydrogen) atoms. The summed E-state index contributed by atoms with van der Waals surface area (Å²) in [5.74, 6) is -0.0515. The summed E-state index contributed by atoms with van der Waals surface area (Å²) in [5, 5.41) is 9.33. The van der Waals surface area contributed by atoms with Crippen LogP contribution in [0.4, 0.5) is 5.69 Å². The van der Waals surface area contributed by atoms with Crippen molar-refractivity contribution in [2.45, 2.75) is 12.5 Å². The third-order valence-corrected chi connectivity index (χ3v) is 2.76. The molecule has 1 aliphatic rings. The second-order valence-corrected chi connectivity index (χ2v) is 4.04. The summed E-state index contributed by atoms with van der Waals surface area (Å²) < 4.78 is 0.766. The lowest BCUT2D eigenvalue weighted by atomic mass is 10.3. The fourth-order valence-corrected chi connectivity index (χ4v) is 1.97. The van der Waals surface area contributed by atoms with Crippen LogP contribution in [-0.4, -0.2) is 28.6 Å². The maximum Gasteiger partial charge on any atom is 0.229 e. The smallest absolute Gasteiger partial charge is 0.229 e. The molecule has 0 aromatic carbocycles. The molecule has 0 bridgehead atoms. The fourth-order valence-electron chi connectivity index (χ4n) is 1.51. The minimum absolute atomic E-state index is 0.0515. The molecule has 2 heterocycles. The summed E-state index contributed by atoms with van der Waals surface area (Å²) in [4.78, 5) is 16.9. The van der Waals surface area contributed by atoms with Crippen molar-refractivity contribution in [1.29, 1.82) is 0 Å². The van der Waals surface area contributed by atoms with Crippen LogP contribution in [0.1, 0.15) is 6.42 Å². The van der Waals surface area contributed by atoms with Gasteiger partial charge >= 0.3 is 0 Å². The van der Waals surface area contributed by atoms with Crippen LogP contribution in [0.15, 0.2) is 22.9 Å². The number of carbonyl (C=O) groups is 1. The van der Waals surface area contributed by atoms with Gasteiger partial charge in [0.25, 0.3) is 0 Å². The second-order valence-electron chi connectivity index (χ2n) is 3.19. The number of hydrogen-bond donors (Lipinski definition) is 1. The van der Waals surface area contributed by atoms with E-state index in [9.17, 15) is 9.90 Å². The van der Waals surface area contributed by atoms with Crippen molar-refractivity contribution in [3.63, 3.8) is 0 Å². The van der Waals surface area contributed by atoms with Crippen molar-refractivity contribution >= 4 is 27.5 Å². The lowest BCUT2D eigenvalue weighted by Gasteiger charge is -2.16. The topological polar surface area (TPSA) is 53.4 Å². The Morgan fingerprint density at radius 3 is 3.00 bits per heavy atom. The molecule has 1 atom stereocenters. The van der Waals surface area contributed by atoms with E-state index >= 15 is 0 Å². The standard InChI is InChI=1S/C9H9BrN2O2/c10-7-4-11-2-1-8(7)12-5-6(13)3-9(12)14/h1-2,4,6,13H,3,5H2. The van der Waals surface area contributed by atoms with Gasteiger partial charge in [0.05, 0.1) is 29.2 Å². The van der Waals surface area contributed by atoms with E-state index in [2.05, 4.69) is 20.9 Å². The maximum absolute atomic E-state index is 11.5. The number of β-amino-alcohol motifs (C(OH)–C–C–N with tert-alkyl or cyclic N) is 1. The Bertz CT molecular complexity index is 370. The highest BCUT2D eigenvalue weighted by Gasteiger charge is 2.29. The van der Waals surface area contributed by atoms with Gasteiger partial charge in [-0.2, -0.15) is 0 Å². The van der Waals surface area contributed by atoms with E-state index in [-0.39, 0.29) is 12.3 Å². The van der Waals surface area contributed by atoms with Gasteiger partial charge in [-0.1, -0.05) is 0 Å². The van der Waals surface area contributed by atoms with Gasteiger partial charge in [-0.05, 0) is 22.0 Å². The molecule has 2 rings (SSSR count). The van der Waals surface area contributed by atoms with Gasteiger partial charge in [0, 0.05) is 12.4 Å². The van der Waals surface area contributed by atoms with Crippen LogP contribution in [-0.2, 0) is 4.79 Å². The van der Waals surface area contributed by atoms with E-state index < -0.39 is 6.10 Å². The first-order valence-electron chi connectivity index (χ1n) is 4.26. The first-order valence-corrected chi connectivity index (χ1v) is 5.05. The molecule has 1 aromatic rings. The molecular weight excluding hydrogens is 248 g/mol. The number of anilines is 1. The molecule has 0 radical (unpaired) electrons. The number of nitrogens with zero attached hydrogens (tertiary/aromatic N) is 2. The maximum atomic E-state index is 11.5. The number of carbonyl (C=O) groups excluding carboxylic acids is 1. The van der Waals surface area contributed by atoms with Gasteiger partial charge < -0.3 is 10.0 Å². The van der Waals surface area contributed by atoms with E-state index in [1.54, 1.807) is 23.4 Å². The van der Waals surface area contributed by atoms with Crippen LogP contribution in [0.2, 0.25) is 0 Å². The molecule has 74 valence electrons. The molecule has 1 unspecified atom stereocenters. The monoisotopic (exact) mass is 256 g/mol. The van der Waals surface area contributed by atoms with Gasteiger partial charge in [-0.25, -0.2) is 0 Å². The first kappa shape index (κ1) is 9.61. The molecule has 1 saturated heterocycles. The van der Waals surface area contributed by atoms with Gasteiger partial charge in [-0.3, -0.25) is 9.78 Å². The van der Waals surface area contributed by atoms with Crippen LogP contribution in [0, 0.1) is 0 Å². The predicted molar refractivity (Wildman–Crippen MR) is 54.9 cm³/mol. The molecule has 1 aromatic heterocycles. The lowest BCUT2D eigenvalue weighted by Crippen LogP contribution is -2.25. The van der Waals surface area contributed by atoms with E-state index in [4.69, 9.17) is 0 Å². The van der Waals surface area contributed by atoms with Crippen molar-refractivity contribution in [3.05, 3.63) is 22.9 Å². The highest BCUT2D eigenvalue weighted by molar-refractivity contribution is 9.10. The number of pyridine rings is 1. The van der Waals surface area contributed by atoms with Crippen molar-refractivity contribution < 1.29 is 9.90 Å².